The molecule has 8 aromatic rings. The number of fused-ring (bicyclic) bond motifs is 7. The number of benzene rings is 6. The summed E-state index contributed by atoms with van der Waals surface area (Å²) in [7, 11) is 0. The molecular formula is C46H48AuN4. The van der Waals surface area contributed by atoms with E-state index in [1.165, 1.54) is 66.2 Å². The average molecular weight is 854 g/mol. The first kappa shape index (κ1) is 36.3. The maximum Gasteiger partial charge on any atom is 0.168 e. The van der Waals surface area contributed by atoms with Gasteiger partial charge in [0.1, 0.15) is 11.4 Å². The second-order valence-corrected chi connectivity index (χ2v) is 14.7. The van der Waals surface area contributed by atoms with Crippen LogP contribution in [-0.4, -0.2) is 14.1 Å². The molecule has 51 heavy (non-hydrogen) atoms. The molecule has 2 aromatic heterocycles. The van der Waals surface area contributed by atoms with Gasteiger partial charge in [0.2, 0.25) is 0 Å². The van der Waals surface area contributed by atoms with Gasteiger partial charge in [-0.2, -0.15) is 9.13 Å². The molecule has 0 bridgehead atoms. The second kappa shape index (κ2) is 15.0. The van der Waals surface area contributed by atoms with Gasteiger partial charge in [0.25, 0.3) is 0 Å². The van der Waals surface area contributed by atoms with Crippen molar-refractivity contribution in [3.05, 3.63) is 144 Å². The van der Waals surface area contributed by atoms with Crippen LogP contribution in [0.15, 0.2) is 122 Å². The summed E-state index contributed by atoms with van der Waals surface area (Å²) in [5.41, 5.74) is 12.8. The predicted molar refractivity (Wildman–Crippen MR) is 213 cm³/mol. The van der Waals surface area contributed by atoms with Crippen molar-refractivity contribution in [3.63, 3.8) is 0 Å². The van der Waals surface area contributed by atoms with E-state index in [1.807, 2.05) is 12.1 Å². The molecule has 1 radical (unpaired) electrons. The van der Waals surface area contributed by atoms with E-state index in [9.17, 15) is 0 Å². The Morgan fingerprint density at radius 3 is 1.27 bits per heavy atom. The van der Waals surface area contributed by atoms with E-state index in [0.717, 1.165) is 11.0 Å². The normalized spacial score (nSPS) is 11.7. The van der Waals surface area contributed by atoms with Crippen molar-refractivity contribution in [2.75, 3.05) is 0 Å². The number of imidazole rings is 2. The molecule has 8 rings (SSSR count). The summed E-state index contributed by atoms with van der Waals surface area (Å²) in [6.45, 7) is 18.4. The van der Waals surface area contributed by atoms with Crippen LogP contribution in [0.25, 0.3) is 55.0 Å². The van der Waals surface area contributed by atoms with E-state index in [1.54, 1.807) is 6.33 Å². The number of hydrogen-bond acceptors (Lipinski definition) is 1. The fourth-order valence-corrected chi connectivity index (χ4v) is 7.56. The van der Waals surface area contributed by atoms with Crippen molar-refractivity contribution < 1.29 is 22.4 Å². The molecule has 5 heteroatoms. The molecule has 0 aliphatic carbocycles. The van der Waals surface area contributed by atoms with Crippen molar-refractivity contribution in [1.29, 1.82) is 0 Å². The van der Waals surface area contributed by atoms with Gasteiger partial charge in [-0.05, 0) is 80.5 Å². The van der Waals surface area contributed by atoms with Gasteiger partial charge in [-0.25, -0.2) is 0 Å². The van der Waals surface area contributed by atoms with Gasteiger partial charge in [-0.1, -0.05) is 135 Å². The first-order valence-corrected chi connectivity index (χ1v) is 18.1. The van der Waals surface area contributed by atoms with Crippen molar-refractivity contribution in [2.24, 2.45) is 0 Å². The maximum atomic E-state index is 4.39. The van der Waals surface area contributed by atoms with Crippen molar-refractivity contribution in [2.45, 2.75) is 79.1 Å². The van der Waals surface area contributed by atoms with Gasteiger partial charge in [-0.15, -0.1) is 0 Å². The van der Waals surface area contributed by atoms with Crippen LogP contribution in [0.3, 0.4) is 0 Å². The van der Waals surface area contributed by atoms with Crippen molar-refractivity contribution in [1.82, 2.24) is 19.1 Å². The van der Waals surface area contributed by atoms with Crippen LogP contribution in [-0.2, 0) is 22.4 Å². The minimum absolute atomic E-state index is 0. The summed E-state index contributed by atoms with van der Waals surface area (Å²) in [6, 6.07) is 39.2. The average Bonchev–Trinajstić information content (AvgIpc) is 3.77. The SMILES string of the molecule is CC(C)c1cccc(C(C)C)c1-n1[cH+]n(-c2c(C(C)C)cccc2C(C)C)c2ccccc21.[Au].c1ccc2c(c1)c1ccccc1c1[n-]cnc21. The molecular weight excluding hydrogens is 806 g/mol. The summed E-state index contributed by atoms with van der Waals surface area (Å²) in [5, 5.41) is 4.85. The van der Waals surface area contributed by atoms with Gasteiger partial charge in [0.05, 0.1) is 0 Å². The number of rotatable bonds is 6. The Balaban J connectivity index is 0.000000207. The third-order valence-electron chi connectivity index (χ3n) is 10.1. The summed E-state index contributed by atoms with van der Waals surface area (Å²) in [6.07, 6.45) is 3.98. The number of nitrogens with zero attached hydrogens (tertiary/aromatic N) is 4. The molecule has 2 heterocycles. The van der Waals surface area contributed by atoms with Crippen LogP contribution >= 0.6 is 0 Å². The maximum absolute atomic E-state index is 4.39. The first-order valence-electron chi connectivity index (χ1n) is 18.1. The third-order valence-corrected chi connectivity index (χ3v) is 10.1. The van der Waals surface area contributed by atoms with E-state index in [-0.39, 0.29) is 22.4 Å². The zero-order valence-corrected chi connectivity index (χ0v) is 33.1. The van der Waals surface area contributed by atoms with Crippen LogP contribution in [0.5, 0.6) is 0 Å². The van der Waals surface area contributed by atoms with Crippen molar-refractivity contribution in [3.8, 4) is 11.4 Å². The van der Waals surface area contributed by atoms with Gasteiger partial charge >= 0.3 is 0 Å². The van der Waals surface area contributed by atoms with E-state index in [2.05, 4.69) is 178 Å². The molecule has 0 saturated heterocycles. The predicted octanol–water partition coefficient (Wildman–Crippen LogP) is 12.7. The molecule has 0 aliphatic heterocycles. The molecule has 6 aromatic carbocycles. The molecule has 0 saturated carbocycles. The van der Waals surface area contributed by atoms with E-state index in [0.29, 0.717) is 23.7 Å². The topological polar surface area (TPSA) is 36.9 Å². The van der Waals surface area contributed by atoms with Crippen LogP contribution in [0.1, 0.15) is 101 Å². The molecule has 4 nitrogen and oxygen atoms in total. The minimum Gasteiger partial charge on any atom is -0.442 e. The van der Waals surface area contributed by atoms with Crippen LogP contribution in [0.4, 0.5) is 0 Å². The quantitative estimate of drug-likeness (QED) is 0.0949. The Kier molecular flexibility index (Phi) is 10.7. The Morgan fingerprint density at radius 2 is 0.843 bits per heavy atom. The zero-order chi connectivity index (χ0) is 35.1. The summed E-state index contributed by atoms with van der Waals surface area (Å²) in [5.74, 6) is 1.79. The number of hydrogen-bond donors (Lipinski definition) is 0. The molecule has 0 amide bonds. The van der Waals surface area contributed by atoms with E-state index >= 15 is 0 Å². The molecule has 0 spiro atoms. The number of aromatic nitrogens is 4. The van der Waals surface area contributed by atoms with Gasteiger partial charge in [0, 0.05) is 56.8 Å². The molecule has 0 aliphatic rings. The third kappa shape index (κ3) is 6.57. The first-order chi connectivity index (χ1) is 24.2. The molecule has 0 N–H and O–H groups in total. The largest absolute Gasteiger partial charge is 0.442 e. The standard InChI is InChI=1S/C31H39N2.C15H9N2.Au/c1-20(2)24-13-11-14-25(21(3)4)30(24)32-19-33(29-18-10-9-17-28(29)32)31-26(22(5)6)15-12-16-27(31)23(7)8;1-3-7-12-10(5-1)11-6-2-4-8-13(11)15-14(12)16-9-17-15;/h9-23H,1-8H3;1-9H;/q+1;-1;. The summed E-state index contributed by atoms with van der Waals surface area (Å²) in [4.78, 5) is 8.77. The van der Waals surface area contributed by atoms with Gasteiger partial charge in [-0.3, -0.25) is 0 Å². The van der Waals surface area contributed by atoms with E-state index in [4.69, 9.17) is 0 Å². The molecule has 0 atom stereocenters. The van der Waals surface area contributed by atoms with Crippen LogP contribution < -0.4 is 4.98 Å². The van der Waals surface area contributed by atoms with Gasteiger partial charge < -0.3 is 9.97 Å². The Labute approximate surface area is 318 Å². The summed E-state index contributed by atoms with van der Waals surface area (Å²) >= 11 is 0. The van der Waals surface area contributed by atoms with Crippen LogP contribution in [0.2, 0.25) is 0 Å². The molecule has 263 valence electrons. The zero-order valence-electron chi connectivity index (χ0n) is 30.9. The van der Waals surface area contributed by atoms with Gasteiger partial charge in [0.15, 0.2) is 17.4 Å². The van der Waals surface area contributed by atoms with Crippen LogP contribution in [0, 0.1) is 0 Å². The van der Waals surface area contributed by atoms with Crippen molar-refractivity contribution >= 4 is 43.6 Å². The molecule has 0 fully saturated rings. The fraction of sp³-hybridized carbons (Fsp3) is 0.261. The molecule has 0 unspecified atom stereocenters. The Hall–Kier alpha value is -4.48. The minimum atomic E-state index is 0. The second-order valence-electron chi connectivity index (χ2n) is 14.7. The smallest absolute Gasteiger partial charge is 0.168 e. The Bertz CT molecular complexity index is 2240. The Morgan fingerprint density at radius 1 is 0.471 bits per heavy atom. The monoisotopic (exact) mass is 853 g/mol. The van der Waals surface area contributed by atoms with E-state index < -0.39 is 0 Å². The number of para-hydroxylation sites is 4. The summed E-state index contributed by atoms with van der Waals surface area (Å²) < 4.78 is 4.89. The fourth-order valence-electron chi connectivity index (χ4n) is 7.56.